The van der Waals surface area contributed by atoms with Crippen molar-refractivity contribution in [2.24, 2.45) is 0 Å². The summed E-state index contributed by atoms with van der Waals surface area (Å²) < 4.78 is 34.2. The van der Waals surface area contributed by atoms with Gasteiger partial charge in [0.25, 0.3) is 0 Å². The van der Waals surface area contributed by atoms with Gasteiger partial charge in [0, 0.05) is 34.7 Å². The summed E-state index contributed by atoms with van der Waals surface area (Å²) in [5.74, 6) is -1.32. The number of ether oxygens (including phenoxy) is 1. The van der Waals surface area contributed by atoms with Crippen molar-refractivity contribution in [2.75, 3.05) is 13.1 Å². The van der Waals surface area contributed by atoms with Crippen LogP contribution in [0.1, 0.15) is 28.2 Å². The van der Waals surface area contributed by atoms with E-state index in [9.17, 15) is 18.7 Å². The van der Waals surface area contributed by atoms with Gasteiger partial charge in [-0.3, -0.25) is 0 Å². The third-order valence-electron chi connectivity index (χ3n) is 7.10. The molecule has 0 saturated heterocycles. The first-order valence-corrected chi connectivity index (χ1v) is 14.1. The van der Waals surface area contributed by atoms with E-state index in [1.807, 2.05) is 48.5 Å². The first-order valence-electron chi connectivity index (χ1n) is 13.1. The molecule has 0 saturated carbocycles. The first kappa shape index (κ1) is 30.9. The van der Waals surface area contributed by atoms with Crippen molar-refractivity contribution in [3.8, 4) is 11.1 Å². The van der Waals surface area contributed by atoms with E-state index in [0.29, 0.717) is 12.1 Å². The lowest BCUT2D eigenvalue weighted by molar-refractivity contribution is 0.107. The summed E-state index contributed by atoms with van der Waals surface area (Å²) in [6.07, 6.45) is -1.55. The van der Waals surface area contributed by atoms with Crippen LogP contribution in [-0.2, 0) is 17.8 Å². The summed E-state index contributed by atoms with van der Waals surface area (Å²) >= 11 is 2.19. The highest BCUT2D eigenvalue weighted by Gasteiger charge is 2.30. The van der Waals surface area contributed by atoms with Gasteiger partial charge >= 0.3 is 6.09 Å². The zero-order valence-electron chi connectivity index (χ0n) is 22.0. The van der Waals surface area contributed by atoms with Gasteiger partial charge in [-0.2, -0.15) is 0 Å². The van der Waals surface area contributed by atoms with Gasteiger partial charge < -0.3 is 20.5 Å². The number of fused-ring (bicyclic) bond motifs is 3. The smallest absolute Gasteiger partial charge is 0.407 e. The second-order valence-electron chi connectivity index (χ2n) is 9.88. The predicted octanol–water partition coefficient (Wildman–Crippen LogP) is 6.59. The van der Waals surface area contributed by atoms with Crippen molar-refractivity contribution in [3.05, 3.63) is 128 Å². The molecular formula is C32H30ClF2IN2O3. The van der Waals surface area contributed by atoms with E-state index in [0.717, 1.165) is 15.2 Å². The number of carbonyl (C=O) groups excluding carboxylic acids is 1. The zero-order valence-corrected chi connectivity index (χ0v) is 25.0. The van der Waals surface area contributed by atoms with Crippen LogP contribution in [0.4, 0.5) is 13.6 Å². The molecular weight excluding hydrogens is 661 g/mol. The number of aliphatic hydroxyl groups is 1. The van der Waals surface area contributed by atoms with Crippen LogP contribution in [0.5, 0.6) is 0 Å². The predicted molar refractivity (Wildman–Crippen MR) is 166 cm³/mol. The maximum absolute atomic E-state index is 13.9. The second-order valence-corrected chi connectivity index (χ2v) is 11.1. The van der Waals surface area contributed by atoms with Gasteiger partial charge in [-0.05, 0) is 86.7 Å². The zero-order chi connectivity index (χ0) is 28.1. The fourth-order valence-electron chi connectivity index (χ4n) is 5.23. The third kappa shape index (κ3) is 7.82. The summed E-state index contributed by atoms with van der Waals surface area (Å²) in [5.41, 5.74) is 5.96. The summed E-state index contributed by atoms with van der Waals surface area (Å²) in [6, 6.07) is 26.8. The Morgan fingerprint density at radius 2 is 1.51 bits per heavy atom. The lowest BCUT2D eigenvalue weighted by Crippen LogP contribution is -2.48. The van der Waals surface area contributed by atoms with Crippen LogP contribution in [-0.4, -0.2) is 36.4 Å². The Morgan fingerprint density at radius 3 is 2.15 bits per heavy atom. The number of rotatable bonds is 10. The van der Waals surface area contributed by atoms with E-state index in [4.69, 9.17) is 4.74 Å². The van der Waals surface area contributed by atoms with Gasteiger partial charge in [-0.1, -0.05) is 60.7 Å². The fourth-order valence-corrected chi connectivity index (χ4v) is 5.84. The highest BCUT2D eigenvalue weighted by molar-refractivity contribution is 14.1. The molecule has 0 spiro atoms. The molecule has 0 heterocycles. The third-order valence-corrected chi connectivity index (χ3v) is 7.77. The number of hydrogen-bond acceptors (Lipinski definition) is 4. The van der Waals surface area contributed by atoms with Crippen molar-refractivity contribution >= 4 is 41.1 Å². The van der Waals surface area contributed by atoms with E-state index in [1.165, 1.54) is 34.4 Å². The van der Waals surface area contributed by atoms with E-state index in [-0.39, 0.29) is 37.9 Å². The highest BCUT2D eigenvalue weighted by Crippen LogP contribution is 2.44. The minimum atomic E-state index is -1.05. The number of nitrogens with one attached hydrogen (secondary N) is 2. The monoisotopic (exact) mass is 690 g/mol. The Morgan fingerprint density at radius 1 is 0.878 bits per heavy atom. The number of alkyl carbamates (subject to hydrolysis) is 1. The van der Waals surface area contributed by atoms with Crippen LogP contribution >= 0.6 is 35.0 Å². The van der Waals surface area contributed by atoms with E-state index >= 15 is 0 Å². The first-order chi connectivity index (χ1) is 19.4. The van der Waals surface area contributed by atoms with Crippen molar-refractivity contribution in [1.29, 1.82) is 0 Å². The van der Waals surface area contributed by atoms with Gasteiger partial charge in [-0.15, -0.1) is 12.4 Å². The van der Waals surface area contributed by atoms with Crippen molar-refractivity contribution in [3.63, 3.8) is 0 Å². The molecule has 2 unspecified atom stereocenters. The molecule has 3 N–H and O–H groups in total. The number of amides is 1. The fraction of sp³-hybridized carbons (Fsp3) is 0.219. The quantitative estimate of drug-likeness (QED) is 0.164. The summed E-state index contributed by atoms with van der Waals surface area (Å²) in [7, 11) is 0. The Balaban J connectivity index is 0.00000387. The molecule has 214 valence electrons. The molecule has 0 fully saturated rings. The second kappa shape index (κ2) is 14.2. The van der Waals surface area contributed by atoms with Crippen molar-refractivity contribution in [1.82, 2.24) is 10.6 Å². The molecule has 41 heavy (non-hydrogen) atoms. The van der Waals surface area contributed by atoms with Gasteiger partial charge in [-0.25, -0.2) is 13.6 Å². The van der Waals surface area contributed by atoms with E-state index in [1.54, 1.807) is 0 Å². The van der Waals surface area contributed by atoms with Crippen LogP contribution in [0.2, 0.25) is 0 Å². The molecule has 1 amide bonds. The Kier molecular flexibility index (Phi) is 10.7. The number of aliphatic hydroxyl groups excluding tert-OH is 1. The van der Waals surface area contributed by atoms with Crippen LogP contribution in [0.3, 0.4) is 0 Å². The largest absolute Gasteiger partial charge is 0.445 e. The van der Waals surface area contributed by atoms with Gasteiger partial charge in [0.05, 0.1) is 6.10 Å². The van der Waals surface area contributed by atoms with Crippen molar-refractivity contribution < 1.29 is 23.4 Å². The molecule has 5 nitrogen and oxygen atoms in total. The van der Waals surface area contributed by atoms with Crippen LogP contribution in [0.15, 0.2) is 91.0 Å². The molecule has 2 atom stereocenters. The molecule has 5 rings (SSSR count). The molecule has 0 aliphatic heterocycles. The Hall–Kier alpha value is -3.05. The van der Waals surface area contributed by atoms with Crippen LogP contribution in [0.25, 0.3) is 11.1 Å². The molecule has 9 heteroatoms. The average Bonchev–Trinajstić information content (AvgIpc) is 3.26. The normalized spacial score (nSPS) is 13.5. The standard InChI is InChI=1S/C32H29F2IN2O3.ClH/c33-22-12-21(13-23(34)16-22)15-30(31(38)18-37-32(39)40-19-20-6-5-7-24(35)14-20)36-17-29-27-10-3-1-8-25(27)26-9-2-4-11-28(26)29;/h1-14,16,29-31,36,38H,15,17-19H2,(H,37,39);1H. The highest BCUT2D eigenvalue weighted by atomic mass is 127. The van der Waals surface area contributed by atoms with Gasteiger partial charge in [0.15, 0.2) is 0 Å². The molecule has 1 aliphatic carbocycles. The molecule has 0 radical (unpaired) electrons. The summed E-state index contributed by atoms with van der Waals surface area (Å²) in [5, 5.41) is 17.2. The lowest BCUT2D eigenvalue weighted by atomic mass is 9.95. The molecule has 4 aromatic rings. The number of carbonyl (C=O) groups is 1. The number of benzene rings is 4. The van der Waals surface area contributed by atoms with Crippen molar-refractivity contribution in [2.45, 2.75) is 31.1 Å². The van der Waals surface area contributed by atoms with E-state index in [2.05, 4.69) is 57.5 Å². The maximum atomic E-state index is 13.9. The maximum Gasteiger partial charge on any atom is 0.407 e. The average molecular weight is 691 g/mol. The van der Waals surface area contributed by atoms with Gasteiger partial charge in [0.1, 0.15) is 18.2 Å². The van der Waals surface area contributed by atoms with Crippen LogP contribution < -0.4 is 10.6 Å². The minimum Gasteiger partial charge on any atom is -0.445 e. The number of hydrogen-bond donors (Lipinski definition) is 3. The molecule has 0 aromatic heterocycles. The summed E-state index contributed by atoms with van der Waals surface area (Å²) in [4.78, 5) is 12.4. The van der Waals surface area contributed by atoms with Gasteiger partial charge in [0.2, 0.25) is 0 Å². The Labute approximate surface area is 257 Å². The molecule has 4 aromatic carbocycles. The van der Waals surface area contributed by atoms with E-state index < -0.39 is 29.9 Å². The topological polar surface area (TPSA) is 70.6 Å². The molecule has 1 aliphatic rings. The van der Waals surface area contributed by atoms with Crippen LogP contribution in [0, 0.1) is 15.2 Å². The lowest BCUT2D eigenvalue weighted by Gasteiger charge is -2.27. The molecule has 0 bridgehead atoms. The minimum absolute atomic E-state index is 0. The SMILES string of the molecule is Cl.O=C(NCC(O)C(Cc1cc(F)cc(F)c1)NCC1c2ccccc2-c2ccccc21)OCc1cccc(I)c1. The number of halogens is 4. The Bertz CT molecular complexity index is 1440. The summed E-state index contributed by atoms with van der Waals surface area (Å²) in [6.45, 7) is 0.493.